The number of nitrogens with one attached hydrogen (secondary N) is 4. The monoisotopic (exact) mass is 1960 g/mol. The van der Waals surface area contributed by atoms with Crippen LogP contribution in [0.25, 0.3) is 0 Å². The zero-order valence-corrected chi connectivity index (χ0v) is 84.8. The van der Waals surface area contributed by atoms with Crippen LogP contribution in [0.5, 0.6) is 34.5 Å². The third-order valence-corrected chi connectivity index (χ3v) is 30.5. The summed E-state index contributed by atoms with van der Waals surface area (Å²) in [7, 11) is 7.46. The third kappa shape index (κ3) is 28.1. The van der Waals surface area contributed by atoms with Crippen LogP contribution < -0.4 is 66.9 Å². The van der Waals surface area contributed by atoms with Gasteiger partial charge in [-0.05, 0) is 259 Å². The number of carbonyl (C=O) groups is 8. The first-order chi connectivity index (χ1) is 68.0. The highest BCUT2D eigenvalue weighted by Gasteiger charge is 2.50. The van der Waals surface area contributed by atoms with E-state index in [1.165, 1.54) is 46.2 Å². The summed E-state index contributed by atoms with van der Waals surface area (Å²) in [6, 6.07) is 40.3. The van der Waals surface area contributed by atoms with Gasteiger partial charge in [-0.2, -0.15) is 0 Å². The van der Waals surface area contributed by atoms with Crippen LogP contribution >= 0.6 is 0 Å². The van der Waals surface area contributed by atoms with Gasteiger partial charge in [0.15, 0.2) is 23.0 Å². The van der Waals surface area contributed by atoms with E-state index in [1.54, 1.807) is 62.8 Å². The highest BCUT2D eigenvalue weighted by molar-refractivity contribution is 5.94. The van der Waals surface area contributed by atoms with Crippen molar-refractivity contribution in [3.05, 3.63) is 201 Å². The molecule has 6 heterocycles. The molecule has 772 valence electrons. The normalized spacial score (nSPS) is 23.7. The molecule has 14 atom stereocenters. The average Bonchev–Trinajstić information content (AvgIpc) is 1.59. The van der Waals surface area contributed by atoms with Crippen LogP contribution in [-0.2, 0) is 52.9 Å². The lowest BCUT2D eigenvalue weighted by atomic mass is 9.70. The van der Waals surface area contributed by atoms with E-state index >= 15 is 0 Å². The summed E-state index contributed by atoms with van der Waals surface area (Å²) >= 11 is 0. The van der Waals surface area contributed by atoms with Crippen molar-refractivity contribution in [2.75, 3.05) is 87.2 Å². The number of methoxy groups -OCH3 is 2. The summed E-state index contributed by atoms with van der Waals surface area (Å²) in [4.78, 5) is 108. The first kappa shape index (κ1) is 109. The number of aliphatic hydroxyl groups is 4. The number of amides is 8. The van der Waals surface area contributed by atoms with Crippen molar-refractivity contribution in [1.82, 2.24) is 40.9 Å². The second-order valence-corrected chi connectivity index (χ2v) is 42.1. The Balaban J connectivity index is 0.000000159. The van der Waals surface area contributed by atoms with Crippen molar-refractivity contribution in [1.29, 1.82) is 0 Å². The molecule has 142 heavy (non-hydrogen) atoms. The number of rotatable bonds is 30. The summed E-state index contributed by atoms with van der Waals surface area (Å²) < 4.78 is 45.7. The molecule has 8 amide bonds. The smallest absolute Gasteiger partial charge is 0.419 e. The van der Waals surface area contributed by atoms with Crippen molar-refractivity contribution in [2.45, 2.75) is 281 Å². The van der Waals surface area contributed by atoms with Crippen LogP contribution in [0.2, 0.25) is 0 Å². The number of ether oxygens (including phenoxy) is 8. The van der Waals surface area contributed by atoms with Gasteiger partial charge >= 0.3 is 24.4 Å². The predicted octanol–water partition coefficient (Wildman–Crippen LogP) is 15.4. The van der Waals surface area contributed by atoms with Crippen molar-refractivity contribution < 1.29 is 96.7 Å². The fourth-order valence-corrected chi connectivity index (χ4v) is 23.1. The van der Waals surface area contributed by atoms with Crippen LogP contribution in [0, 0.1) is 34.5 Å². The van der Waals surface area contributed by atoms with Gasteiger partial charge in [-0.1, -0.05) is 170 Å². The maximum Gasteiger partial charge on any atom is 0.419 e. The van der Waals surface area contributed by atoms with Crippen LogP contribution in [0.3, 0.4) is 0 Å². The summed E-state index contributed by atoms with van der Waals surface area (Å²) in [6.45, 7) is 21.2. The topological polar surface area (TPSA) is 430 Å². The highest BCUT2D eigenvalue weighted by atomic mass is 16.6. The van der Waals surface area contributed by atoms with Gasteiger partial charge in [0.05, 0.1) is 26.4 Å². The molecule has 0 radical (unpaired) electrons. The van der Waals surface area contributed by atoms with E-state index in [9.17, 15) is 58.8 Å². The Morgan fingerprint density at radius 2 is 0.831 bits per heavy atom. The Labute approximate surface area is 836 Å². The second kappa shape index (κ2) is 49.7. The van der Waals surface area contributed by atoms with Gasteiger partial charge in [0.25, 0.3) is 0 Å². The highest BCUT2D eigenvalue weighted by Crippen LogP contribution is 2.56. The molecule has 6 aliphatic heterocycles. The minimum atomic E-state index is -0.949. The number of carbonyl (C=O) groups excluding carboxylic acids is 8. The summed E-state index contributed by atoms with van der Waals surface area (Å²) in [5.74, 6) is 3.41. The molecule has 6 aromatic rings. The number of likely N-dealkylation sites (N-methyl/N-ethyl adjacent to an activating group) is 2. The van der Waals surface area contributed by atoms with Crippen LogP contribution in [0.15, 0.2) is 157 Å². The molecule has 2 saturated carbocycles. The van der Waals surface area contributed by atoms with Crippen molar-refractivity contribution in [2.24, 2.45) is 51.7 Å². The van der Waals surface area contributed by atoms with Gasteiger partial charge in [0.2, 0.25) is 23.6 Å². The van der Waals surface area contributed by atoms with Gasteiger partial charge < -0.3 is 75.5 Å². The van der Waals surface area contributed by atoms with E-state index in [0.29, 0.717) is 93.5 Å². The molecule has 4 aliphatic carbocycles. The van der Waals surface area contributed by atoms with E-state index in [0.717, 1.165) is 157 Å². The van der Waals surface area contributed by atoms with Gasteiger partial charge in [0.1, 0.15) is 47.1 Å². The number of hydrogen-bond donors (Lipinski definition) is 11. The maximum absolute atomic E-state index is 12.6. The first-order valence-corrected chi connectivity index (χ1v) is 51.3. The summed E-state index contributed by atoms with van der Waals surface area (Å²) in [5, 5.41) is 54.2. The van der Waals surface area contributed by atoms with Crippen LogP contribution in [0.1, 0.15) is 265 Å². The van der Waals surface area contributed by atoms with Gasteiger partial charge in [-0.25, -0.2) is 19.2 Å². The Morgan fingerprint density at radius 3 is 1.20 bits per heavy atom. The zero-order chi connectivity index (χ0) is 102. The van der Waals surface area contributed by atoms with Crippen molar-refractivity contribution >= 4 is 48.0 Å². The zero-order valence-electron chi connectivity index (χ0n) is 84.8. The number of aliphatic hydroxyl groups excluding tert-OH is 2. The Bertz CT molecular complexity index is 5320. The fraction of sp³-hybridized carbons (Fsp3) is 0.568. The van der Waals surface area contributed by atoms with E-state index in [1.807, 2.05) is 98.8 Å². The number of nitrogens with zero attached hydrogens (tertiary/aromatic N) is 4. The molecule has 10 aliphatic rings. The number of nitrogens with two attached hydrogens (primary N) is 3. The molecule has 31 heteroatoms. The van der Waals surface area contributed by atoms with Crippen molar-refractivity contribution in [3.63, 3.8) is 0 Å². The largest absolute Gasteiger partial charge is 0.493 e. The molecular weight excluding hydrogens is 1810 g/mol. The molecule has 4 fully saturated rings. The number of alkyl carbamates (subject to hydrolysis) is 2. The molecule has 14 N–H and O–H groups in total. The van der Waals surface area contributed by atoms with Gasteiger partial charge in [-0.15, -0.1) is 0 Å². The van der Waals surface area contributed by atoms with Gasteiger partial charge in [-0.3, -0.25) is 60.0 Å². The number of likely N-dealkylation sites (tertiary alicyclic amines) is 2. The molecular formula is C111H153N11O20. The third-order valence-electron chi connectivity index (χ3n) is 30.5. The van der Waals surface area contributed by atoms with E-state index in [-0.39, 0.29) is 102 Å². The fourth-order valence-electron chi connectivity index (χ4n) is 23.1. The molecule has 31 nitrogen and oxygen atoms in total. The van der Waals surface area contributed by atoms with Crippen LogP contribution in [0.4, 0.5) is 19.2 Å². The standard InChI is InChI=1S/C31H42N2O5.C29H41N3O5.C26H35N3O5.C25H35N3O5/c1-3-30(17-8-5-9-18-30)21-27(34)32-29(36)38-26-15-13-24(14-16-26)28(35)23(2)33-20-10-19-31(37,22-33)25-11-6-4-7-12-25;1-20(2)16-22(18-30)17-26(33)31-28(35)37-25-12-10-23(11-13-25)27(34)21(3)32-15-7-14-29(36,19-32)24-8-5-4-6-9-24;1-29-13-16-6-7-19(32-2)24-23(16)22-17(14-29)10-18(11-20(22)34-24)33-25(31)28-21(30)12-26(15-27)8-4-3-5-9-26;1-14(2)7-15(11-26)8-21(29)27-25(30)32-18-9-17-13-28(3)12-16-5-6-19(31-4)24-23(16)22(17)20(10-18)33-24/h4,6-7,11-16,23,28,35,37H,3,5,8-10,17-22H2,1-2H3,(H,32,34,36);4-6,8-13,20-22,27,34,36H,7,14-19,30H2,1-3H3,(H,31,33,35);6-7,10,18,20,22H,3-5,8-9,11-15,27H2,1-2H3,(H,28,30,31);5-6,9,14-15,18,20,22H,7-8,10-13,26H2,1-4H3,(H,27,29,30)/t;;;15?,18?,20-,22?/m...1/s1. The molecule has 0 aromatic heterocycles. The van der Waals surface area contributed by atoms with E-state index in [4.69, 9.17) is 55.1 Å². The predicted molar refractivity (Wildman–Crippen MR) is 540 cm³/mol. The minimum Gasteiger partial charge on any atom is -0.493 e. The SMILES string of the molecule is CC(C)CC(CN)CC(=O)NC(=O)Oc1ccc(C(O)C(C)N2CCCC(O)(c3ccccc3)C2)cc1.CCC1(CC(=O)NC(=O)Oc2ccc(C(O)C(C)N3CCCC(O)(c4ccccc4)C3)cc2)CCCCC1.COc1ccc2c3c1OC1CC(OC(=O)NC(=O)CC4(CN)CCCCC4)C=C(CN(C)C2)C31.COc1ccc2c3c1O[C@@H]1CC(OC(=O)NC(=O)CC(CN)CC(C)C)C=C(CN(C)C2)C31. The number of piperidine rings is 2. The molecule has 6 aromatic carbocycles. The first-order valence-electron chi connectivity index (χ1n) is 51.3. The summed E-state index contributed by atoms with van der Waals surface area (Å²) in [6.07, 6.45) is 16.6. The lowest BCUT2D eigenvalue weighted by Crippen LogP contribution is -2.50. The molecule has 0 spiro atoms. The molecule has 13 unspecified atom stereocenters. The number of imide groups is 4. The van der Waals surface area contributed by atoms with Gasteiger partial charge in [0, 0.05) is 113 Å². The molecule has 0 bridgehead atoms. The van der Waals surface area contributed by atoms with E-state index in [2.05, 4.69) is 102 Å². The van der Waals surface area contributed by atoms with E-state index < -0.39 is 65.9 Å². The maximum atomic E-state index is 12.6. The quantitative estimate of drug-likeness (QED) is 0.0187. The Morgan fingerprint density at radius 1 is 0.458 bits per heavy atom. The molecule has 2 saturated heterocycles. The lowest BCUT2D eigenvalue weighted by molar-refractivity contribution is -0.124. The number of benzene rings is 6. The average molecular weight is 1960 g/mol. The second-order valence-electron chi connectivity index (χ2n) is 42.1. The van der Waals surface area contributed by atoms with Crippen molar-refractivity contribution in [3.8, 4) is 34.5 Å². The number of hydrogen-bond acceptors (Lipinski definition) is 27. The summed E-state index contributed by atoms with van der Waals surface area (Å²) in [5.41, 5.74) is 25.8. The van der Waals surface area contributed by atoms with Crippen LogP contribution in [-0.4, -0.2) is 212 Å². The Kier molecular flexibility index (Phi) is 38.0. The minimum absolute atomic E-state index is 0.0117. The number of β-amino-alcohol motifs (C(OH)–C–C–N with tert-alkyl or cyclic N) is 2. The Hall–Kier alpha value is -10.7. The lowest BCUT2D eigenvalue weighted by Gasteiger charge is -2.43. The molecule has 16 rings (SSSR count).